The van der Waals surface area contributed by atoms with Crippen LogP contribution in [0.5, 0.6) is 5.75 Å². The van der Waals surface area contributed by atoms with Crippen molar-refractivity contribution >= 4 is 17.2 Å². The van der Waals surface area contributed by atoms with Crippen LogP contribution in [0.15, 0.2) is 86.3 Å². The Bertz CT molecular complexity index is 961. The van der Waals surface area contributed by atoms with Gasteiger partial charge in [-0.15, -0.1) is 0 Å². The third-order valence-electron chi connectivity index (χ3n) is 4.41. The van der Waals surface area contributed by atoms with Crippen molar-refractivity contribution < 1.29 is 9.90 Å². The molecule has 0 unspecified atom stereocenters. The van der Waals surface area contributed by atoms with Crippen molar-refractivity contribution in [3.05, 3.63) is 103 Å². The van der Waals surface area contributed by atoms with Crippen LogP contribution in [-0.2, 0) is 5.41 Å². The van der Waals surface area contributed by atoms with Gasteiger partial charge in [0, 0.05) is 5.56 Å². The second kappa shape index (κ2) is 9.11. The first-order chi connectivity index (χ1) is 13.7. The summed E-state index contributed by atoms with van der Waals surface area (Å²) in [6.45, 7) is 17.7. The molecule has 29 heavy (non-hydrogen) atoms. The summed E-state index contributed by atoms with van der Waals surface area (Å²) in [5.41, 5.74) is 3.83. The van der Waals surface area contributed by atoms with E-state index in [-0.39, 0.29) is 22.9 Å². The number of aromatic hydroxyl groups is 1. The van der Waals surface area contributed by atoms with Crippen molar-refractivity contribution in [1.82, 2.24) is 5.32 Å². The van der Waals surface area contributed by atoms with Crippen molar-refractivity contribution in [3.63, 3.8) is 0 Å². The van der Waals surface area contributed by atoms with Crippen LogP contribution in [0.4, 0.5) is 5.69 Å². The summed E-state index contributed by atoms with van der Waals surface area (Å²) in [7, 11) is 0. The number of nitrogens with one attached hydrogen (secondary N) is 2. The second-order valence-electron chi connectivity index (χ2n) is 7.68. The van der Waals surface area contributed by atoms with Gasteiger partial charge in [0.1, 0.15) is 11.6 Å². The molecular weight excluding hydrogens is 360 g/mol. The zero-order valence-electron chi connectivity index (χ0n) is 17.3. The molecule has 1 amide bonds. The Kier molecular flexibility index (Phi) is 6.84. The number of hydrogen-bond donors (Lipinski definition) is 3. The minimum Gasteiger partial charge on any atom is -0.506 e. The van der Waals surface area contributed by atoms with Gasteiger partial charge in [-0.1, -0.05) is 76.9 Å². The van der Waals surface area contributed by atoms with Crippen LogP contribution in [0, 0.1) is 0 Å². The maximum Gasteiger partial charge on any atom is 0.256 e. The molecule has 0 spiro atoms. The fourth-order valence-corrected chi connectivity index (χ4v) is 2.75. The SMILES string of the molecule is C=C/C=C(\C=C)c1ccc(O)c(NC(=C)NC(=O)c2ccc(C(C)(C)C)cc2)c1. The summed E-state index contributed by atoms with van der Waals surface area (Å²) in [6.07, 6.45) is 5.19. The Morgan fingerprint density at radius 3 is 2.21 bits per heavy atom. The molecule has 0 aliphatic rings. The number of hydrogen-bond acceptors (Lipinski definition) is 3. The van der Waals surface area contributed by atoms with Crippen LogP contribution in [0.25, 0.3) is 5.57 Å². The lowest BCUT2D eigenvalue weighted by Gasteiger charge is -2.19. The first-order valence-electron chi connectivity index (χ1n) is 9.32. The minimum absolute atomic E-state index is 0.0209. The van der Waals surface area contributed by atoms with E-state index in [4.69, 9.17) is 0 Å². The molecule has 0 aliphatic heterocycles. The van der Waals surface area contributed by atoms with Gasteiger partial charge in [0.15, 0.2) is 0 Å². The summed E-state index contributed by atoms with van der Waals surface area (Å²) in [6, 6.07) is 12.6. The monoisotopic (exact) mass is 388 g/mol. The lowest BCUT2D eigenvalue weighted by atomic mass is 9.87. The van der Waals surface area contributed by atoms with E-state index in [1.165, 1.54) is 0 Å². The number of carbonyl (C=O) groups excluding carboxylic acids is 1. The third-order valence-corrected chi connectivity index (χ3v) is 4.41. The fraction of sp³-hybridized carbons (Fsp3) is 0.160. The molecular formula is C25H28N2O2. The lowest BCUT2D eigenvalue weighted by Crippen LogP contribution is -2.26. The van der Waals surface area contributed by atoms with Gasteiger partial charge in [0.2, 0.25) is 0 Å². The number of phenols is 1. The molecule has 0 radical (unpaired) electrons. The summed E-state index contributed by atoms with van der Waals surface area (Å²) >= 11 is 0. The standard InChI is InChI=1S/C25H28N2O2/c1-7-9-18(8-2)20-12-15-23(28)22(16-20)26-17(3)27-24(29)19-10-13-21(14-11-19)25(4,5)6/h7-16,26,28H,1-3H2,4-6H3,(H,27,29)/b18-9+. The van der Waals surface area contributed by atoms with E-state index in [0.29, 0.717) is 11.3 Å². The van der Waals surface area contributed by atoms with Crippen LogP contribution < -0.4 is 10.6 Å². The summed E-state index contributed by atoms with van der Waals surface area (Å²) in [4.78, 5) is 12.5. The molecule has 4 nitrogen and oxygen atoms in total. The Morgan fingerprint density at radius 2 is 1.66 bits per heavy atom. The zero-order valence-corrected chi connectivity index (χ0v) is 17.3. The molecule has 0 bridgehead atoms. The molecule has 150 valence electrons. The van der Waals surface area contributed by atoms with Gasteiger partial charge in [0.05, 0.1) is 5.69 Å². The molecule has 0 heterocycles. The van der Waals surface area contributed by atoms with Gasteiger partial charge < -0.3 is 15.7 Å². The Morgan fingerprint density at radius 1 is 1.03 bits per heavy atom. The number of allylic oxidation sites excluding steroid dienone is 4. The highest BCUT2D eigenvalue weighted by atomic mass is 16.3. The van der Waals surface area contributed by atoms with E-state index in [9.17, 15) is 9.90 Å². The van der Waals surface area contributed by atoms with E-state index in [2.05, 4.69) is 51.1 Å². The fourth-order valence-electron chi connectivity index (χ4n) is 2.75. The van der Waals surface area contributed by atoms with E-state index >= 15 is 0 Å². The van der Waals surface area contributed by atoms with Crippen LogP contribution >= 0.6 is 0 Å². The van der Waals surface area contributed by atoms with Crippen LogP contribution in [0.3, 0.4) is 0 Å². The largest absolute Gasteiger partial charge is 0.506 e. The van der Waals surface area contributed by atoms with Crippen molar-refractivity contribution in [2.45, 2.75) is 26.2 Å². The van der Waals surface area contributed by atoms with Gasteiger partial charge >= 0.3 is 0 Å². The highest BCUT2D eigenvalue weighted by molar-refractivity contribution is 5.95. The van der Waals surface area contributed by atoms with Crippen molar-refractivity contribution in [3.8, 4) is 5.75 Å². The predicted octanol–water partition coefficient (Wildman–Crippen LogP) is 5.76. The number of amides is 1. The first-order valence-corrected chi connectivity index (χ1v) is 9.32. The molecule has 0 fully saturated rings. The van der Waals surface area contributed by atoms with Crippen molar-refractivity contribution in [2.24, 2.45) is 0 Å². The van der Waals surface area contributed by atoms with E-state index in [1.54, 1.807) is 42.5 Å². The number of benzene rings is 2. The van der Waals surface area contributed by atoms with E-state index in [0.717, 1.165) is 16.7 Å². The number of phenolic OH excluding ortho intramolecular Hbond substituents is 1. The average Bonchev–Trinajstić information content (AvgIpc) is 2.67. The second-order valence-corrected chi connectivity index (χ2v) is 7.68. The maximum atomic E-state index is 12.5. The van der Waals surface area contributed by atoms with E-state index < -0.39 is 0 Å². The van der Waals surface area contributed by atoms with E-state index in [1.807, 2.05) is 18.2 Å². The quantitative estimate of drug-likeness (QED) is 0.417. The summed E-state index contributed by atoms with van der Waals surface area (Å²) in [5, 5.41) is 15.8. The topological polar surface area (TPSA) is 61.4 Å². The molecule has 0 aliphatic carbocycles. The molecule has 2 aromatic carbocycles. The smallest absolute Gasteiger partial charge is 0.256 e. The first kappa shape index (κ1) is 21.8. The average molecular weight is 389 g/mol. The van der Waals surface area contributed by atoms with Crippen molar-refractivity contribution in [1.29, 1.82) is 0 Å². The molecule has 0 saturated carbocycles. The highest BCUT2D eigenvalue weighted by Gasteiger charge is 2.15. The van der Waals surface area contributed by atoms with Gasteiger partial charge in [-0.3, -0.25) is 4.79 Å². The molecule has 4 heteroatoms. The minimum atomic E-state index is -0.281. The summed E-state index contributed by atoms with van der Waals surface area (Å²) < 4.78 is 0. The van der Waals surface area contributed by atoms with Crippen molar-refractivity contribution in [2.75, 3.05) is 5.32 Å². The summed E-state index contributed by atoms with van der Waals surface area (Å²) in [5.74, 6) is 0.0211. The molecule has 0 atom stereocenters. The number of anilines is 1. The van der Waals surface area contributed by atoms with Gasteiger partial charge in [0.25, 0.3) is 5.91 Å². The van der Waals surface area contributed by atoms with Gasteiger partial charge in [-0.2, -0.15) is 0 Å². The maximum absolute atomic E-state index is 12.5. The van der Waals surface area contributed by atoms with Crippen LogP contribution in [0.1, 0.15) is 42.3 Å². The van der Waals surface area contributed by atoms with Crippen LogP contribution in [0.2, 0.25) is 0 Å². The Hall–Kier alpha value is -3.53. The lowest BCUT2D eigenvalue weighted by molar-refractivity contribution is 0.0966. The molecule has 0 saturated heterocycles. The van der Waals surface area contributed by atoms with Gasteiger partial charge in [-0.05, 0) is 46.4 Å². The van der Waals surface area contributed by atoms with Gasteiger partial charge in [-0.25, -0.2) is 0 Å². The molecule has 2 rings (SSSR count). The third kappa shape index (κ3) is 5.72. The Labute approximate surface area is 173 Å². The Balaban J connectivity index is 2.12. The number of rotatable bonds is 7. The molecule has 2 aromatic rings. The molecule has 3 N–H and O–H groups in total. The highest BCUT2D eigenvalue weighted by Crippen LogP contribution is 2.29. The number of carbonyl (C=O) groups is 1. The molecule has 0 aromatic heterocycles. The zero-order chi connectivity index (χ0) is 21.6. The normalized spacial score (nSPS) is 11.5. The van der Waals surface area contributed by atoms with Crippen LogP contribution in [-0.4, -0.2) is 11.0 Å². The predicted molar refractivity (Wildman–Crippen MR) is 122 cm³/mol.